The standard InChI is InChI=1S/C34H21NO/c1-2-10-25(11-3-1)35-30-14-5-4-12-26(30)27-18-16-24(21-31(27)35)23-17-19-32-29(20-23)28-13-6-8-22-9-7-15-33(36-32)34(22)28/h1-21H/i17D,19D,20D. The fourth-order valence-electron chi connectivity index (χ4n) is 5.50. The van der Waals surface area contributed by atoms with Gasteiger partial charge < -0.3 is 9.30 Å². The maximum absolute atomic E-state index is 9.35. The third-order valence-corrected chi connectivity index (χ3v) is 7.10. The molecule has 0 atom stereocenters. The molecular formula is C34H21NO. The highest BCUT2D eigenvalue weighted by Gasteiger charge is 2.20. The summed E-state index contributed by atoms with van der Waals surface area (Å²) in [6, 6.07) is 36.6. The van der Waals surface area contributed by atoms with Crippen LogP contribution in [0.3, 0.4) is 0 Å². The summed E-state index contributed by atoms with van der Waals surface area (Å²) < 4.78 is 35.7. The zero-order valence-electron chi connectivity index (χ0n) is 22.2. The van der Waals surface area contributed by atoms with Crippen molar-refractivity contribution in [3.8, 4) is 39.4 Å². The van der Waals surface area contributed by atoms with Gasteiger partial charge in [0.1, 0.15) is 11.5 Å². The van der Waals surface area contributed by atoms with Crippen LogP contribution in [0.15, 0.2) is 127 Å². The third-order valence-electron chi connectivity index (χ3n) is 7.10. The zero-order valence-corrected chi connectivity index (χ0v) is 19.2. The van der Waals surface area contributed by atoms with Gasteiger partial charge in [-0.2, -0.15) is 0 Å². The lowest BCUT2D eigenvalue weighted by molar-refractivity contribution is 0.487. The van der Waals surface area contributed by atoms with E-state index in [-0.39, 0.29) is 23.9 Å². The van der Waals surface area contributed by atoms with Crippen molar-refractivity contribution in [1.29, 1.82) is 0 Å². The van der Waals surface area contributed by atoms with E-state index >= 15 is 0 Å². The fourth-order valence-corrected chi connectivity index (χ4v) is 5.50. The first kappa shape index (κ1) is 16.7. The lowest BCUT2D eigenvalue weighted by Crippen LogP contribution is -1.97. The average Bonchev–Trinajstić information content (AvgIpc) is 3.30. The normalized spacial score (nSPS) is 13.3. The first-order valence-electron chi connectivity index (χ1n) is 13.5. The van der Waals surface area contributed by atoms with Crippen molar-refractivity contribution in [2.75, 3.05) is 0 Å². The summed E-state index contributed by atoms with van der Waals surface area (Å²) >= 11 is 0. The molecule has 7 aromatic rings. The lowest BCUT2D eigenvalue weighted by Gasteiger charge is -2.22. The molecule has 0 fully saturated rings. The Kier molecular flexibility index (Phi) is 3.41. The van der Waals surface area contributed by atoms with E-state index in [9.17, 15) is 1.37 Å². The van der Waals surface area contributed by atoms with E-state index in [1.54, 1.807) is 0 Å². The number of para-hydroxylation sites is 2. The van der Waals surface area contributed by atoms with E-state index in [4.69, 9.17) is 7.48 Å². The quantitative estimate of drug-likeness (QED) is 0.250. The van der Waals surface area contributed by atoms with Gasteiger partial charge in [-0.05, 0) is 64.5 Å². The molecule has 0 saturated heterocycles. The van der Waals surface area contributed by atoms with E-state index < -0.39 is 0 Å². The van der Waals surface area contributed by atoms with Crippen molar-refractivity contribution in [3.63, 3.8) is 0 Å². The highest BCUT2D eigenvalue weighted by atomic mass is 16.5. The highest BCUT2D eigenvalue weighted by molar-refractivity contribution is 6.10. The fraction of sp³-hybridized carbons (Fsp3) is 0. The molecule has 0 bridgehead atoms. The highest BCUT2D eigenvalue weighted by Crippen LogP contribution is 2.47. The number of aromatic nitrogens is 1. The minimum atomic E-state index is -0.00814. The molecule has 0 spiro atoms. The Morgan fingerprint density at radius 3 is 2.31 bits per heavy atom. The predicted octanol–water partition coefficient (Wildman–Crippen LogP) is 9.38. The summed E-state index contributed by atoms with van der Waals surface area (Å²) in [5.41, 5.74) is 5.73. The Hall–Kier alpha value is -4.82. The van der Waals surface area contributed by atoms with Gasteiger partial charge in [0.15, 0.2) is 0 Å². The van der Waals surface area contributed by atoms with Crippen molar-refractivity contribution >= 4 is 32.6 Å². The molecule has 0 amide bonds. The van der Waals surface area contributed by atoms with Gasteiger partial charge in [-0.3, -0.25) is 0 Å². The molecule has 1 aliphatic heterocycles. The molecule has 0 saturated carbocycles. The van der Waals surface area contributed by atoms with Gasteiger partial charge in [-0.1, -0.05) is 84.9 Å². The Morgan fingerprint density at radius 2 is 1.39 bits per heavy atom. The van der Waals surface area contributed by atoms with E-state index in [1.807, 2.05) is 72.8 Å². The van der Waals surface area contributed by atoms with Crippen LogP contribution >= 0.6 is 0 Å². The summed E-state index contributed by atoms with van der Waals surface area (Å²) in [4.78, 5) is 0. The molecule has 0 unspecified atom stereocenters. The van der Waals surface area contributed by atoms with E-state index in [1.165, 1.54) is 0 Å². The Morgan fingerprint density at radius 1 is 0.583 bits per heavy atom. The number of rotatable bonds is 2. The van der Waals surface area contributed by atoms with E-state index in [0.717, 1.165) is 49.4 Å². The molecular weight excluding hydrogens is 438 g/mol. The van der Waals surface area contributed by atoms with Gasteiger partial charge in [0.05, 0.1) is 15.1 Å². The lowest BCUT2D eigenvalue weighted by atomic mass is 9.92. The number of ether oxygens (including phenoxy) is 1. The summed E-state index contributed by atoms with van der Waals surface area (Å²) in [5, 5.41) is 4.20. The van der Waals surface area contributed by atoms with Gasteiger partial charge in [0.25, 0.3) is 0 Å². The first-order chi connectivity index (χ1) is 19.1. The molecule has 0 radical (unpaired) electrons. The second-order valence-electron chi connectivity index (χ2n) is 9.14. The van der Waals surface area contributed by atoms with E-state index in [2.05, 4.69) is 41.0 Å². The van der Waals surface area contributed by atoms with Crippen LogP contribution in [0, 0.1) is 0 Å². The van der Waals surface area contributed by atoms with Crippen LogP contribution < -0.4 is 4.74 Å². The van der Waals surface area contributed by atoms with Crippen molar-refractivity contribution in [1.82, 2.24) is 4.57 Å². The molecule has 2 nitrogen and oxygen atoms in total. The Labute approximate surface area is 212 Å². The van der Waals surface area contributed by atoms with Crippen LogP contribution in [-0.4, -0.2) is 4.57 Å². The number of benzene rings is 6. The SMILES string of the molecule is [2H]c1c([2H])c(-c2ccc3c4ccccc4n(-c4ccccc4)c3c2)c([2H])c2c1Oc1cccc3cccc-2c13. The number of nitrogens with zero attached hydrogens (tertiary/aromatic N) is 1. The van der Waals surface area contributed by atoms with Gasteiger partial charge in [-0.25, -0.2) is 0 Å². The monoisotopic (exact) mass is 462 g/mol. The third kappa shape index (κ3) is 2.73. The number of hydrogen-bond acceptors (Lipinski definition) is 1. The van der Waals surface area contributed by atoms with Crippen molar-refractivity contribution in [2.45, 2.75) is 0 Å². The molecule has 0 aliphatic carbocycles. The molecule has 6 aromatic carbocycles. The molecule has 2 heterocycles. The summed E-state index contributed by atoms with van der Waals surface area (Å²) in [7, 11) is 0. The van der Waals surface area contributed by atoms with Crippen LogP contribution in [0.5, 0.6) is 11.5 Å². The smallest absolute Gasteiger partial charge is 0.135 e. The van der Waals surface area contributed by atoms with Crippen molar-refractivity contribution in [2.24, 2.45) is 0 Å². The summed E-state index contributed by atoms with van der Waals surface area (Å²) in [5.74, 6) is 0.934. The largest absolute Gasteiger partial charge is 0.456 e. The minimum absolute atomic E-state index is 0.00738. The minimum Gasteiger partial charge on any atom is -0.456 e. The Bertz CT molecular complexity index is 2120. The van der Waals surface area contributed by atoms with Gasteiger partial charge in [0.2, 0.25) is 0 Å². The molecule has 36 heavy (non-hydrogen) atoms. The van der Waals surface area contributed by atoms with Crippen LogP contribution in [0.4, 0.5) is 0 Å². The number of hydrogen-bond donors (Lipinski definition) is 0. The maximum atomic E-state index is 9.35. The second kappa shape index (κ2) is 7.34. The zero-order chi connectivity index (χ0) is 26.2. The molecule has 0 N–H and O–H groups in total. The number of fused-ring (bicyclic) bond motifs is 5. The van der Waals surface area contributed by atoms with Crippen LogP contribution in [0.25, 0.3) is 60.5 Å². The molecule has 1 aliphatic rings. The summed E-state index contributed by atoms with van der Waals surface area (Å²) in [6.45, 7) is 0. The van der Waals surface area contributed by atoms with Gasteiger partial charge in [-0.15, -0.1) is 0 Å². The second-order valence-corrected chi connectivity index (χ2v) is 9.14. The molecule has 8 rings (SSSR count). The maximum Gasteiger partial charge on any atom is 0.135 e. The average molecular weight is 463 g/mol. The van der Waals surface area contributed by atoms with Gasteiger partial charge >= 0.3 is 0 Å². The molecule has 168 valence electrons. The predicted molar refractivity (Wildman–Crippen MR) is 149 cm³/mol. The van der Waals surface area contributed by atoms with Crippen molar-refractivity contribution in [3.05, 3.63) is 127 Å². The topological polar surface area (TPSA) is 14.2 Å². The Balaban J connectivity index is 1.44. The van der Waals surface area contributed by atoms with Crippen LogP contribution in [0.2, 0.25) is 0 Å². The summed E-state index contributed by atoms with van der Waals surface area (Å²) in [6.07, 6.45) is 0. The van der Waals surface area contributed by atoms with Crippen LogP contribution in [-0.2, 0) is 0 Å². The van der Waals surface area contributed by atoms with Gasteiger partial charge in [0, 0.05) is 27.4 Å². The van der Waals surface area contributed by atoms with Crippen LogP contribution in [0.1, 0.15) is 4.11 Å². The molecule has 2 heteroatoms. The van der Waals surface area contributed by atoms with E-state index in [0.29, 0.717) is 16.9 Å². The molecule has 1 aromatic heterocycles. The first-order valence-corrected chi connectivity index (χ1v) is 12.0. The van der Waals surface area contributed by atoms with Crippen molar-refractivity contribution < 1.29 is 8.85 Å².